The number of hydrogen-bond acceptors (Lipinski definition) is 4. The van der Waals surface area contributed by atoms with Gasteiger partial charge in [-0.3, -0.25) is 10.0 Å². The zero-order valence-corrected chi connectivity index (χ0v) is 13.3. The molecular weight excluding hydrogens is 330 g/mol. The number of hydrogen-bond donors (Lipinski definition) is 3. The smallest absolute Gasteiger partial charge is 0.272 e. The van der Waals surface area contributed by atoms with Crippen molar-refractivity contribution >= 4 is 17.7 Å². The minimum absolute atomic E-state index is 0.372. The zero-order chi connectivity index (χ0) is 18.1. The van der Waals surface area contributed by atoms with E-state index in [0.29, 0.717) is 12.3 Å². The monoisotopic (exact) mass is 348 g/mol. The van der Waals surface area contributed by atoms with Crippen molar-refractivity contribution < 1.29 is 23.5 Å². The number of ether oxygens (including phenoxy) is 1. The van der Waals surface area contributed by atoms with Gasteiger partial charge >= 0.3 is 0 Å². The van der Waals surface area contributed by atoms with Crippen molar-refractivity contribution in [2.24, 2.45) is 0 Å². The molecule has 0 aliphatic rings. The van der Waals surface area contributed by atoms with E-state index < -0.39 is 18.9 Å². The molecular formula is C18H18F2N2O3. The van der Waals surface area contributed by atoms with Crippen molar-refractivity contribution in [3.05, 3.63) is 65.7 Å². The van der Waals surface area contributed by atoms with Gasteiger partial charge in [-0.1, -0.05) is 24.3 Å². The first-order chi connectivity index (χ1) is 12.1. The molecule has 0 unspecified atom stereocenters. The van der Waals surface area contributed by atoms with E-state index in [1.54, 1.807) is 24.3 Å². The molecule has 0 aliphatic carbocycles. The summed E-state index contributed by atoms with van der Waals surface area (Å²) in [6.07, 6.45) is 0.282. The van der Waals surface area contributed by atoms with Crippen LogP contribution in [0.2, 0.25) is 0 Å². The molecule has 0 saturated heterocycles. The topological polar surface area (TPSA) is 70.6 Å². The van der Waals surface area contributed by atoms with Crippen LogP contribution >= 0.6 is 0 Å². The van der Waals surface area contributed by atoms with Crippen LogP contribution < -0.4 is 15.5 Å². The number of alkyl halides is 2. The normalized spacial score (nSPS) is 10.9. The Hall–Kier alpha value is -2.93. The Bertz CT molecular complexity index is 736. The third-order valence-electron chi connectivity index (χ3n) is 3.20. The van der Waals surface area contributed by atoms with Crippen molar-refractivity contribution in [2.75, 3.05) is 11.9 Å². The highest BCUT2D eigenvalue weighted by Gasteiger charge is 2.04. The lowest BCUT2D eigenvalue weighted by molar-refractivity contribution is -0.124. The van der Waals surface area contributed by atoms with E-state index in [4.69, 9.17) is 9.94 Å². The number of anilines is 1. The number of halogens is 2. The molecule has 0 aromatic heterocycles. The molecule has 25 heavy (non-hydrogen) atoms. The van der Waals surface area contributed by atoms with Crippen molar-refractivity contribution in [3.63, 3.8) is 0 Å². The van der Waals surface area contributed by atoms with Crippen LogP contribution in [0, 0.1) is 0 Å². The maximum absolute atomic E-state index is 12.2. The van der Waals surface area contributed by atoms with Crippen LogP contribution in [0.5, 0.6) is 5.75 Å². The quantitative estimate of drug-likeness (QED) is 0.388. The van der Waals surface area contributed by atoms with Crippen LogP contribution in [0.25, 0.3) is 6.08 Å². The first-order valence-corrected chi connectivity index (χ1v) is 7.53. The molecule has 0 fully saturated rings. The summed E-state index contributed by atoms with van der Waals surface area (Å²) in [6, 6.07) is 14.3. The van der Waals surface area contributed by atoms with Gasteiger partial charge in [0.15, 0.2) is 0 Å². The van der Waals surface area contributed by atoms with E-state index in [1.165, 1.54) is 11.6 Å². The van der Waals surface area contributed by atoms with Crippen LogP contribution in [-0.2, 0) is 11.3 Å². The second kappa shape index (κ2) is 9.39. The van der Waals surface area contributed by atoms with Crippen LogP contribution in [-0.4, -0.2) is 24.1 Å². The van der Waals surface area contributed by atoms with Gasteiger partial charge in [0.2, 0.25) is 0 Å². The molecule has 0 atom stereocenters. The summed E-state index contributed by atoms with van der Waals surface area (Å²) in [5, 5.41) is 11.6. The van der Waals surface area contributed by atoms with Gasteiger partial charge < -0.3 is 10.1 Å². The third-order valence-corrected chi connectivity index (χ3v) is 3.20. The molecule has 0 radical (unpaired) electrons. The highest BCUT2D eigenvalue weighted by Crippen LogP contribution is 2.19. The summed E-state index contributed by atoms with van der Waals surface area (Å²) in [4.78, 5) is 11.0. The summed E-state index contributed by atoms with van der Waals surface area (Å²) in [5.41, 5.74) is 4.03. The second-order valence-corrected chi connectivity index (χ2v) is 5.14. The summed E-state index contributed by atoms with van der Waals surface area (Å²) < 4.78 is 29.3. The summed E-state index contributed by atoms with van der Waals surface area (Å²) >= 11 is 0. The fourth-order valence-electron chi connectivity index (χ4n) is 2.08. The predicted molar refractivity (Wildman–Crippen MR) is 90.7 cm³/mol. The number of rotatable bonds is 8. The minimum atomic E-state index is -2.51. The van der Waals surface area contributed by atoms with Gasteiger partial charge in [0.05, 0.1) is 0 Å². The molecule has 2 aromatic rings. The largest absolute Gasteiger partial charge is 0.488 e. The SMILES string of the molecule is O=C(/C=C/c1cccc(CNc2cccc(OCC(F)F)c2)c1)NO. The first kappa shape index (κ1) is 18.4. The minimum Gasteiger partial charge on any atom is -0.488 e. The standard InChI is InChI=1S/C18H18F2N2O3/c19-17(20)12-25-16-6-2-5-15(10-16)21-11-14-4-1-3-13(9-14)7-8-18(23)22-24/h1-10,17,21,24H,11-12H2,(H,22,23)/b8-7+. The Labute approximate surface area is 143 Å². The molecule has 2 rings (SSSR count). The second-order valence-electron chi connectivity index (χ2n) is 5.14. The predicted octanol–water partition coefficient (Wildman–Crippen LogP) is 3.46. The summed E-state index contributed by atoms with van der Waals surface area (Å²) in [7, 11) is 0. The molecule has 0 saturated carbocycles. The van der Waals surface area contributed by atoms with E-state index in [2.05, 4.69) is 5.32 Å². The number of nitrogens with one attached hydrogen (secondary N) is 2. The number of amides is 1. The molecule has 0 bridgehead atoms. The lowest BCUT2D eigenvalue weighted by Crippen LogP contribution is -2.14. The van der Waals surface area contributed by atoms with Gasteiger partial charge in [0, 0.05) is 24.4 Å². The van der Waals surface area contributed by atoms with Crippen LogP contribution in [0.15, 0.2) is 54.6 Å². The summed E-state index contributed by atoms with van der Waals surface area (Å²) in [5.74, 6) is -0.235. The highest BCUT2D eigenvalue weighted by molar-refractivity contribution is 5.90. The van der Waals surface area contributed by atoms with E-state index in [1.807, 2.05) is 30.3 Å². The summed E-state index contributed by atoms with van der Waals surface area (Å²) in [6.45, 7) is -0.134. The number of carbonyl (C=O) groups is 1. The van der Waals surface area contributed by atoms with Gasteiger partial charge in [0.25, 0.3) is 12.3 Å². The van der Waals surface area contributed by atoms with Gasteiger partial charge in [-0.25, -0.2) is 14.3 Å². The average Bonchev–Trinajstić information content (AvgIpc) is 2.63. The molecule has 132 valence electrons. The van der Waals surface area contributed by atoms with Crippen molar-refractivity contribution in [3.8, 4) is 5.75 Å². The molecule has 2 aromatic carbocycles. The Kier molecular flexibility index (Phi) is 6.91. The average molecular weight is 348 g/mol. The van der Waals surface area contributed by atoms with Crippen LogP contribution in [0.1, 0.15) is 11.1 Å². The van der Waals surface area contributed by atoms with Gasteiger partial charge in [-0.15, -0.1) is 0 Å². The van der Waals surface area contributed by atoms with Crippen molar-refractivity contribution in [2.45, 2.75) is 13.0 Å². The molecule has 5 nitrogen and oxygen atoms in total. The molecule has 3 N–H and O–H groups in total. The van der Waals surface area contributed by atoms with Crippen LogP contribution in [0.3, 0.4) is 0 Å². The Morgan fingerprint density at radius 3 is 2.76 bits per heavy atom. The number of benzene rings is 2. The van der Waals surface area contributed by atoms with Gasteiger partial charge in [0.1, 0.15) is 12.4 Å². The van der Waals surface area contributed by atoms with Crippen LogP contribution in [0.4, 0.5) is 14.5 Å². The van der Waals surface area contributed by atoms with E-state index in [0.717, 1.165) is 16.8 Å². The lowest BCUT2D eigenvalue weighted by atomic mass is 10.1. The highest BCUT2D eigenvalue weighted by atomic mass is 19.3. The van der Waals surface area contributed by atoms with Crippen molar-refractivity contribution in [1.29, 1.82) is 0 Å². The van der Waals surface area contributed by atoms with E-state index in [9.17, 15) is 13.6 Å². The van der Waals surface area contributed by atoms with Gasteiger partial charge in [-0.05, 0) is 35.4 Å². The van der Waals surface area contributed by atoms with E-state index in [-0.39, 0.29) is 0 Å². The van der Waals surface area contributed by atoms with E-state index >= 15 is 0 Å². The molecule has 1 amide bonds. The molecule has 7 heteroatoms. The number of hydroxylamine groups is 1. The third kappa shape index (κ3) is 6.60. The Morgan fingerprint density at radius 1 is 1.20 bits per heavy atom. The molecule has 0 spiro atoms. The lowest BCUT2D eigenvalue weighted by Gasteiger charge is -2.10. The Morgan fingerprint density at radius 2 is 2.00 bits per heavy atom. The molecule has 0 heterocycles. The zero-order valence-electron chi connectivity index (χ0n) is 13.3. The Balaban J connectivity index is 1.96. The van der Waals surface area contributed by atoms with Crippen molar-refractivity contribution in [1.82, 2.24) is 5.48 Å². The fourth-order valence-corrected chi connectivity index (χ4v) is 2.08. The molecule has 0 aliphatic heterocycles. The number of carbonyl (C=O) groups excluding carboxylic acids is 1. The maximum atomic E-state index is 12.2. The van der Waals surface area contributed by atoms with Gasteiger partial charge in [-0.2, -0.15) is 0 Å². The first-order valence-electron chi connectivity index (χ1n) is 7.53. The fraction of sp³-hybridized carbons (Fsp3) is 0.167. The maximum Gasteiger partial charge on any atom is 0.272 e.